The minimum absolute atomic E-state index is 0. The molecule has 196 valence electrons. The number of carbonyl (C=O) groups excluding carboxylic acids is 1. The molecule has 0 fully saturated rings. The molecule has 0 saturated heterocycles. The van der Waals surface area contributed by atoms with E-state index in [0.29, 0.717) is 30.0 Å². The molecule has 2 aliphatic heterocycles. The molecule has 9 heteroatoms. The summed E-state index contributed by atoms with van der Waals surface area (Å²) in [5, 5.41) is 12.1. The molecular weight excluding hydrogens is 550 g/mol. The maximum Gasteiger partial charge on any atom is 0.343 e. The fourth-order valence-electron chi connectivity index (χ4n) is 5.49. The van der Waals surface area contributed by atoms with Crippen molar-refractivity contribution in [3.05, 3.63) is 87.5 Å². The van der Waals surface area contributed by atoms with Crippen LogP contribution in [0.4, 0.5) is 0 Å². The van der Waals surface area contributed by atoms with E-state index in [0.717, 1.165) is 46.4 Å². The standard InChI is InChI=1S/C29H28N3O5.BrH/c1-3-19-20-14-18(36-13-12-31-10-6-5-7-11-31)8-9-24(20)30-26-21(19)16-32-25(26)15-23-22(27(32)33)17-37-28(34)29(23,35)4-2;/h5-11,14-15,35H,3-4,12-13,16-17H2,1-2H3;1H/q+1;/p-1/t29-;/m0./s1. The molecule has 3 aromatic heterocycles. The Balaban J connectivity index is 0.00000294. The normalized spacial score (nSPS) is 17.3. The Hall–Kier alpha value is -3.56. The van der Waals surface area contributed by atoms with Crippen LogP contribution in [0.5, 0.6) is 5.75 Å². The molecule has 0 radical (unpaired) electrons. The number of fused-ring (bicyclic) bond motifs is 5. The highest BCUT2D eigenvalue weighted by Gasteiger charge is 2.45. The lowest BCUT2D eigenvalue weighted by Crippen LogP contribution is -3.00. The van der Waals surface area contributed by atoms with Gasteiger partial charge in [0.05, 0.1) is 29.0 Å². The van der Waals surface area contributed by atoms with Gasteiger partial charge in [0.15, 0.2) is 24.5 Å². The minimum atomic E-state index is -1.83. The van der Waals surface area contributed by atoms with Crippen LogP contribution in [-0.4, -0.2) is 27.2 Å². The van der Waals surface area contributed by atoms with Crippen molar-refractivity contribution in [2.24, 2.45) is 0 Å². The van der Waals surface area contributed by atoms with Crippen molar-refractivity contribution in [2.75, 3.05) is 6.61 Å². The molecule has 0 bridgehead atoms. The van der Waals surface area contributed by atoms with Crippen molar-refractivity contribution in [1.82, 2.24) is 9.55 Å². The first-order valence-corrected chi connectivity index (χ1v) is 12.6. The van der Waals surface area contributed by atoms with Gasteiger partial charge in [-0.25, -0.2) is 14.3 Å². The number of hydrogen-bond acceptors (Lipinski definition) is 6. The lowest BCUT2D eigenvalue weighted by atomic mass is 9.86. The fourth-order valence-corrected chi connectivity index (χ4v) is 5.49. The van der Waals surface area contributed by atoms with Crippen LogP contribution in [0, 0.1) is 0 Å². The van der Waals surface area contributed by atoms with Crippen molar-refractivity contribution in [1.29, 1.82) is 0 Å². The molecule has 0 amide bonds. The predicted molar refractivity (Wildman–Crippen MR) is 136 cm³/mol. The Bertz CT molecular complexity index is 1620. The number of esters is 1. The first-order chi connectivity index (χ1) is 17.9. The summed E-state index contributed by atoms with van der Waals surface area (Å²) in [6, 6.07) is 13.6. The third-order valence-corrected chi connectivity index (χ3v) is 7.53. The number of nitrogens with zero attached hydrogens (tertiary/aromatic N) is 3. The van der Waals surface area contributed by atoms with Gasteiger partial charge in [0, 0.05) is 28.6 Å². The van der Waals surface area contributed by atoms with Gasteiger partial charge in [0.1, 0.15) is 19.0 Å². The van der Waals surface area contributed by atoms with Gasteiger partial charge < -0.3 is 36.1 Å². The lowest BCUT2D eigenvalue weighted by molar-refractivity contribution is -0.697. The summed E-state index contributed by atoms with van der Waals surface area (Å²) in [5.41, 5.74) is 2.82. The third-order valence-electron chi connectivity index (χ3n) is 7.53. The van der Waals surface area contributed by atoms with Crippen molar-refractivity contribution in [3.8, 4) is 17.1 Å². The average Bonchev–Trinajstić information content (AvgIpc) is 3.29. The van der Waals surface area contributed by atoms with Gasteiger partial charge in [0.2, 0.25) is 0 Å². The number of carbonyl (C=O) groups is 1. The van der Waals surface area contributed by atoms with Crippen molar-refractivity contribution < 1.29 is 40.9 Å². The highest BCUT2D eigenvalue weighted by Crippen LogP contribution is 2.40. The van der Waals surface area contributed by atoms with E-state index in [4.69, 9.17) is 14.5 Å². The Labute approximate surface area is 230 Å². The van der Waals surface area contributed by atoms with Crippen LogP contribution in [0.3, 0.4) is 0 Å². The molecule has 38 heavy (non-hydrogen) atoms. The molecule has 0 spiro atoms. The van der Waals surface area contributed by atoms with Crippen molar-refractivity contribution in [3.63, 3.8) is 0 Å². The molecule has 8 nitrogen and oxygen atoms in total. The van der Waals surface area contributed by atoms with Gasteiger partial charge in [0.25, 0.3) is 5.56 Å². The molecule has 0 unspecified atom stereocenters. The van der Waals surface area contributed by atoms with Gasteiger partial charge in [-0.05, 0) is 42.7 Å². The molecular formula is C29H28BrN3O5. The number of aliphatic hydroxyl groups is 1. The predicted octanol–water partition coefficient (Wildman–Crippen LogP) is 0.0125. The molecule has 2 aliphatic rings. The number of aromatic nitrogens is 3. The maximum absolute atomic E-state index is 13.5. The average molecular weight is 578 g/mol. The van der Waals surface area contributed by atoms with E-state index in [1.807, 2.05) is 48.8 Å². The Morgan fingerprint density at radius 3 is 2.66 bits per heavy atom. The van der Waals surface area contributed by atoms with Gasteiger partial charge in [-0.15, -0.1) is 0 Å². The molecule has 1 atom stereocenters. The van der Waals surface area contributed by atoms with Crippen LogP contribution in [-0.2, 0) is 41.2 Å². The number of aryl methyl sites for hydroxylation is 1. The molecule has 5 heterocycles. The number of rotatable bonds is 6. The van der Waals surface area contributed by atoms with Gasteiger partial charge in [-0.3, -0.25) is 4.79 Å². The minimum Gasteiger partial charge on any atom is -1.00 e. The van der Waals surface area contributed by atoms with Gasteiger partial charge >= 0.3 is 5.97 Å². The van der Waals surface area contributed by atoms with Crippen LogP contribution < -0.4 is 31.8 Å². The van der Waals surface area contributed by atoms with Gasteiger partial charge in [-0.2, -0.15) is 0 Å². The highest BCUT2D eigenvalue weighted by atomic mass is 79.9. The van der Waals surface area contributed by atoms with Crippen LogP contribution >= 0.6 is 0 Å². The molecule has 1 aromatic carbocycles. The van der Waals surface area contributed by atoms with E-state index >= 15 is 0 Å². The number of pyridine rings is 3. The smallest absolute Gasteiger partial charge is 0.343 e. The summed E-state index contributed by atoms with van der Waals surface area (Å²) in [7, 11) is 0. The summed E-state index contributed by atoms with van der Waals surface area (Å²) in [6.45, 7) is 5.32. The Morgan fingerprint density at radius 2 is 1.92 bits per heavy atom. The second-order valence-electron chi connectivity index (χ2n) is 9.51. The second-order valence-corrected chi connectivity index (χ2v) is 9.51. The molecule has 0 saturated carbocycles. The lowest BCUT2D eigenvalue weighted by Gasteiger charge is -2.31. The van der Waals surface area contributed by atoms with Gasteiger partial charge in [-0.1, -0.05) is 19.9 Å². The van der Waals surface area contributed by atoms with E-state index in [9.17, 15) is 14.7 Å². The zero-order valence-corrected chi connectivity index (χ0v) is 22.8. The zero-order chi connectivity index (χ0) is 25.7. The Morgan fingerprint density at radius 1 is 1.13 bits per heavy atom. The fraction of sp³-hybridized carbons (Fsp3) is 0.310. The van der Waals surface area contributed by atoms with E-state index in [-0.39, 0.29) is 35.6 Å². The van der Waals surface area contributed by atoms with Crippen LogP contribution in [0.15, 0.2) is 59.7 Å². The maximum atomic E-state index is 13.5. The summed E-state index contributed by atoms with van der Waals surface area (Å²) in [5.74, 6) is 0.0521. The first-order valence-electron chi connectivity index (χ1n) is 12.6. The van der Waals surface area contributed by atoms with Crippen molar-refractivity contribution in [2.45, 2.75) is 52.0 Å². The number of benzene rings is 1. The van der Waals surface area contributed by atoms with Crippen LogP contribution in [0.25, 0.3) is 22.3 Å². The monoisotopic (exact) mass is 577 g/mol. The summed E-state index contributed by atoms with van der Waals surface area (Å²) in [6.07, 6.45) is 4.89. The quantitative estimate of drug-likeness (QED) is 0.226. The van der Waals surface area contributed by atoms with E-state index in [2.05, 4.69) is 11.5 Å². The van der Waals surface area contributed by atoms with Crippen LogP contribution in [0.1, 0.15) is 42.5 Å². The third kappa shape index (κ3) is 4.01. The number of ether oxygens (including phenoxy) is 2. The molecule has 0 aliphatic carbocycles. The topological polar surface area (TPSA) is 94.5 Å². The first kappa shape index (κ1) is 26.1. The van der Waals surface area contributed by atoms with Crippen molar-refractivity contribution >= 4 is 16.9 Å². The summed E-state index contributed by atoms with van der Waals surface area (Å²) < 4.78 is 15.0. The van der Waals surface area contributed by atoms with E-state index in [1.165, 1.54) is 0 Å². The molecule has 6 rings (SSSR count). The molecule has 4 aromatic rings. The number of halogens is 1. The zero-order valence-electron chi connectivity index (χ0n) is 21.2. The second kappa shape index (κ2) is 9.96. The van der Waals surface area contributed by atoms with Crippen LogP contribution in [0.2, 0.25) is 0 Å². The Kier molecular flexibility index (Phi) is 6.83. The SMILES string of the molecule is CCc1c2c(nc3ccc(OCC[n+]4ccccc4)cc13)-c1cc3c(c(=O)n1C2)COC(=O)[C@]3(O)CC.[Br-]. The summed E-state index contributed by atoms with van der Waals surface area (Å²) in [4.78, 5) is 30.8. The summed E-state index contributed by atoms with van der Waals surface area (Å²) >= 11 is 0. The molecule has 1 N–H and O–H groups in total. The van der Waals surface area contributed by atoms with E-state index in [1.54, 1.807) is 17.6 Å². The number of hydrogen-bond donors (Lipinski definition) is 1. The largest absolute Gasteiger partial charge is 1.00 e. The highest BCUT2D eigenvalue weighted by molar-refractivity contribution is 5.90. The van der Waals surface area contributed by atoms with E-state index < -0.39 is 11.6 Å². The number of cyclic esters (lactones) is 1.